The van der Waals surface area contributed by atoms with Crippen molar-refractivity contribution >= 4 is 16.7 Å². The fraction of sp³-hybridized carbons (Fsp3) is 0.130. The van der Waals surface area contributed by atoms with Gasteiger partial charge in [-0.05, 0) is 55.0 Å². The maximum absolute atomic E-state index is 13.6. The minimum Gasteiger partial charge on any atom is -0.497 e. The molecule has 0 aliphatic heterocycles. The summed E-state index contributed by atoms with van der Waals surface area (Å²) in [5.74, 6) is 1.31. The second kappa shape index (κ2) is 7.32. The Morgan fingerprint density at radius 1 is 1.00 bits per heavy atom. The third-order valence-corrected chi connectivity index (χ3v) is 5.14. The molecule has 0 spiro atoms. The molecule has 0 fully saturated rings. The lowest BCUT2D eigenvalue weighted by Crippen LogP contribution is -2.22. The van der Waals surface area contributed by atoms with Crippen LogP contribution >= 0.6 is 0 Å². The molecule has 0 aliphatic carbocycles. The molecule has 7 nitrogen and oxygen atoms in total. The van der Waals surface area contributed by atoms with E-state index in [0.717, 1.165) is 11.3 Å². The fourth-order valence-electron chi connectivity index (χ4n) is 3.65. The predicted molar refractivity (Wildman–Crippen MR) is 115 cm³/mol. The van der Waals surface area contributed by atoms with Crippen molar-refractivity contribution in [3.05, 3.63) is 88.4 Å². The number of aromatic nitrogens is 5. The first-order valence-electron chi connectivity index (χ1n) is 9.69. The average molecular weight is 415 g/mol. The maximum atomic E-state index is 13.6. The second-order valence-electron chi connectivity index (χ2n) is 7.20. The number of hydrogen-bond donors (Lipinski definition) is 0. The Bertz CT molecular complexity index is 1470. The van der Waals surface area contributed by atoms with E-state index < -0.39 is 0 Å². The molecule has 0 N–H and O–H groups in total. The Balaban J connectivity index is 1.75. The third kappa shape index (κ3) is 3.31. The number of rotatable bonds is 4. The number of methoxy groups -OCH3 is 1. The molecule has 5 rings (SSSR count). The van der Waals surface area contributed by atoms with Crippen molar-refractivity contribution in [3.63, 3.8) is 0 Å². The topological polar surface area (TPSA) is 74.3 Å². The van der Waals surface area contributed by atoms with Crippen LogP contribution in [0.3, 0.4) is 0 Å². The van der Waals surface area contributed by atoms with E-state index >= 15 is 0 Å². The molecule has 0 atom stereocenters. The van der Waals surface area contributed by atoms with Gasteiger partial charge in [0.05, 0.1) is 30.3 Å². The van der Waals surface area contributed by atoms with Gasteiger partial charge in [-0.1, -0.05) is 12.1 Å². The highest BCUT2D eigenvalue weighted by molar-refractivity contribution is 5.93. The Hall–Kier alpha value is -4.07. The Morgan fingerprint density at radius 2 is 1.74 bits per heavy atom. The fourth-order valence-corrected chi connectivity index (χ4v) is 3.65. The van der Waals surface area contributed by atoms with Gasteiger partial charge in [0.15, 0.2) is 0 Å². The Kier molecular flexibility index (Phi) is 4.47. The van der Waals surface area contributed by atoms with Crippen LogP contribution in [0.15, 0.2) is 65.6 Å². The molecule has 3 heterocycles. The van der Waals surface area contributed by atoms with Crippen LogP contribution in [0.25, 0.3) is 27.9 Å². The molecule has 3 aromatic heterocycles. The van der Waals surface area contributed by atoms with Gasteiger partial charge in [-0.25, -0.2) is 9.37 Å². The van der Waals surface area contributed by atoms with Crippen molar-refractivity contribution < 1.29 is 9.13 Å². The quantitative estimate of drug-likeness (QED) is 0.448. The zero-order valence-electron chi connectivity index (χ0n) is 16.9. The van der Waals surface area contributed by atoms with E-state index in [2.05, 4.69) is 15.1 Å². The van der Waals surface area contributed by atoms with Crippen LogP contribution in [0.5, 0.6) is 5.75 Å². The molecule has 31 heavy (non-hydrogen) atoms. The molecule has 0 saturated carbocycles. The average Bonchev–Trinajstić information content (AvgIpc) is 3.15. The van der Waals surface area contributed by atoms with Gasteiger partial charge in [0.1, 0.15) is 17.4 Å². The predicted octanol–water partition coefficient (Wildman–Crippen LogP) is 3.61. The molecule has 0 unspecified atom stereocenters. The van der Waals surface area contributed by atoms with Gasteiger partial charge in [0, 0.05) is 11.8 Å². The van der Waals surface area contributed by atoms with Crippen LogP contribution in [0.1, 0.15) is 11.4 Å². The van der Waals surface area contributed by atoms with Crippen LogP contribution in [-0.2, 0) is 6.54 Å². The van der Waals surface area contributed by atoms with Gasteiger partial charge in [-0.15, -0.1) is 5.10 Å². The number of pyridine rings is 1. The lowest BCUT2D eigenvalue weighted by molar-refractivity contribution is 0.414. The van der Waals surface area contributed by atoms with Crippen LogP contribution in [0.2, 0.25) is 0 Å². The van der Waals surface area contributed by atoms with E-state index in [4.69, 9.17) is 4.74 Å². The third-order valence-electron chi connectivity index (χ3n) is 5.14. The second-order valence-corrected chi connectivity index (χ2v) is 7.20. The minimum atomic E-state index is -0.356. The van der Waals surface area contributed by atoms with Gasteiger partial charge in [-0.2, -0.15) is 9.50 Å². The summed E-state index contributed by atoms with van der Waals surface area (Å²) in [6.45, 7) is 2.14. The van der Waals surface area contributed by atoms with Crippen LogP contribution in [0, 0.1) is 12.7 Å². The molecular formula is C23H18FN5O2. The number of benzene rings is 2. The maximum Gasteiger partial charge on any atom is 0.262 e. The largest absolute Gasteiger partial charge is 0.497 e. The monoisotopic (exact) mass is 415 g/mol. The minimum absolute atomic E-state index is 0.213. The van der Waals surface area contributed by atoms with Gasteiger partial charge in [0.2, 0.25) is 0 Å². The molecule has 8 heteroatoms. The summed E-state index contributed by atoms with van der Waals surface area (Å²) in [6, 6.07) is 15.3. The Labute approximate surface area is 176 Å². The highest BCUT2D eigenvalue weighted by Gasteiger charge is 2.18. The molecule has 5 aromatic rings. The summed E-state index contributed by atoms with van der Waals surface area (Å²) >= 11 is 0. The summed E-state index contributed by atoms with van der Waals surface area (Å²) < 4.78 is 21.9. The number of ether oxygens (including phenoxy) is 1. The normalized spacial score (nSPS) is 11.3. The van der Waals surface area contributed by atoms with Gasteiger partial charge in [-0.3, -0.25) is 4.79 Å². The number of nitrogens with zero attached hydrogens (tertiary/aromatic N) is 5. The molecule has 2 aromatic carbocycles. The van der Waals surface area contributed by atoms with Gasteiger partial charge in [0.25, 0.3) is 11.3 Å². The van der Waals surface area contributed by atoms with Crippen molar-refractivity contribution in [1.29, 1.82) is 0 Å². The van der Waals surface area contributed by atoms with Gasteiger partial charge < -0.3 is 9.30 Å². The first-order chi connectivity index (χ1) is 15.0. The summed E-state index contributed by atoms with van der Waals surface area (Å²) in [4.78, 5) is 22.4. The standard InChI is InChI=1S/C23H18FN5O2/c1-14-25-23-26-19-11-12-28(13-15-3-9-18(31-2)10-4-15)22(30)20(19)21(29(23)27-14)16-5-7-17(24)8-6-16/h3-12H,13H2,1-2H3. The smallest absolute Gasteiger partial charge is 0.262 e. The number of fused-ring (bicyclic) bond motifs is 2. The molecule has 0 radical (unpaired) electrons. The van der Waals surface area contributed by atoms with Crippen LogP contribution in [0.4, 0.5) is 4.39 Å². The van der Waals surface area contributed by atoms with Crippen molar-refractivity contribution in [2.45, 2.75) is 13.5 Å². The van der Waals surface area contributed by atoms with Crippen molar-refractivity contribution in [1.82, 2.24) is 24.1 Å². The zero-order valence-corrected chi connectivity index (χ0v) is 16.9. The molecule has 0 bridgehead atoms. The van der Waals surface area contributed by atoms with E-state index in [1.807, 2.05) is 24.3 Å². The molecular weight excluding hydrogens is 397 g/mol. The Morgan fingerprint density at radius 3 is 2.45 bits per heavy atom. The highest BCUT2D eigenvalue weighted by Crippen LogP contribution is 2.26. The van der Waals surface area contributed by atoms with E-state index in [1.54, 1.807) is 47.5 Å². The molecule has 0 amide bonds. The zero-order chi connectivity index (χ0) is 21.5. The van der Waals surface area contributed by atoms with E-state index in [9.17, 15) is 9.18 Å². The SMILES string of the molecule is COc1ccc(Cn2ccc3nc4nc(C)nn4c(-c4ccc(F)cc4)c3c2=O)cc1. The first-order valence-corrected chi connectivity index (χ1v) is 9.69. The van der Waals surface area contributed by atoms with Gasteiger partial charge >= 0.3 is 0 Å². The number of halogens is 1. The summed E-state index contributed by atoms with van der Waals surface area (Å²) in [5.41, 5.74) is 2.44. The van der Waals surface area contributed by atoms with Crippen molar-refractivity contribution in [2.75, 3.05) is 7.11 Å². The van der Waals surface area contributed by atoms with Crippen LogP contribution in [-0.4, -0.2) is 31.3 Å². The number of hydrogen-bond acceptors (Lipinski definition) is 5. The van der Waals surface area contributed by atoms with E-state index in [-0.39, 0.29) is 11.4 Å². The summed E-state index contributed by atoms with van der Waals surface area (Å²) in [7, 11) is 1.61. The highest BCUT2D eigenvalue weighted by atomic mass is 19.1. The van der Waals surface area contributed by atoms with Crippen LogP contribution < -0.4 is 10.3 Å². The first kappa shape index (κ1) is 18.9. The summed E-state index contributed by atoms with van der Waals surface area (Å²) in [5, 5.41) is 4.83. The lowest BCUT2D eigenvalue weighted by Gasteiger charge is -2.12. The lowest BCUT2D eigenvalue weighted by atomic mass is 10.1. The number of aryl methyl sites for hydroxylation is 1. The van der Waals surface area contributed by atoms with Crippen molar-refractivity contribution in [2.24, 2.45) is 0 Å². The van der Waals surface area contributed by atoms with E-state index in [0.29, 0.717) is 40.3 Å². The van der Waals surface area contributed by atoms with E-state index in [1.165, 1.54) is 12.1 Å². The van der Waals surface area contributed by atoms with Crippen molar-refractivity contribution in [3.8, 4) is 17.0 Å². The molecule has 154 valence electrons. The summed E-state index contributed by atoms with van der Waals surface area (Å²) in [6.07, 6.45) is 1.72. The molecule has 0 saturated heterocycles. The molecule has 0 aliphatic rings.